The molecule has 0 saturated carbocycles. The first-order valence-electron chi connectivity index (χ1n) is 8.58. The molecule has 0 bridgehead atoms. The highest BCUT2D eigenvalue weighted by Crippen LogP contribution is 2.23. The molecule has 0 fully saturated rings. The number of rotatable bonds is 8. The Balaban J connectivity index is 1.93. The van der Waals surface area contributed by atoms with Crippen LogP contribution in [0.15, 0.2) is 107 Å². The minimum atomic E-state index is 0.875. The zero-order chi connectivity index (χ0) is 18.1. The van der Waals surface area contributed by atoms with Gasteiger partial charge >= 0.3 is 0 Å². The molecule has 2 aromatic carbocycles. The molecule has 0 radical (unpaired) electrons. The fraction of sp³-hybridized carbons (Fsp3) is 0.0909. The van der Waals surface area contributed by atoms with Gasteiger partial charge in [-0.15, -0.1) is 18.3 Å². The van der Waals surface area contributed by atoms with E-state index in [4.69, 9.17) is 0 Å². The topological polar surface area (TPSA) is 0 Å². The third-order valence-electron chi connectivity index (χ3n) is 3.91. The van der Waals surface area contributed by atoms with Gasteiger partial charge in [0.2, 0.25) is 0 Å². The minimum Gasteiger partial charge on any atom is -0.105 e. The number of hydrogen-bond donors (Lipinski definition) is 0. The van der Waals surface area contributed by atoms with E-state index in [1.807, 2.05) is 13.0 Å². The monoisotopic (exact) mass is 342 g/mol. The second-order valence-electron chi connectivity index (χ2n) is 5.97. The Bertz CT molecular complexity index is 771. The van der Waals surface area contributed by atoms with Gasteiger partial charge in [-0.2, -0.15) is 0 Å². The van der Waals surface area contributed by atoms with Crippen molar-refractivity contribution < 1.29 is 0 Å². The van der Waals surface area contributed by atoms with E-state index in [2.05, 4.69) is 86.8 Å². The van der Waals surface area contributed by atoms with Crippen LogP contribution in [0.5, 0.6) is 0 Å². The van der Waals surface area contributed by atoms with Crippen LogP contribution in [-0.2, 0) is 0 Å². The third kappa shape index (κ3) is 6.36. The van der Waals surface area contributed by atoms with Gasteiger partial charge in [0.1, 0.15) is 0 Å². The highest BCUT2D eigenvalue weighted by molar-refractivity contribution is 8.04. The highest BCUT2D eigenvalue weighted by Gasteiger charge is 2.05. The molecule has 2 rings (SSSR count). The van der Waals surface area contributed by atoms with Crippen molar-refractivity contribution in [3.63, 3.8) is 0 Å². The molecule has 0 unspecified atom stereocenters. The zero-order valence-electron chi connectivity index (χ0n) is 15.2. The molecule has 0 aliphatic carbocycles. The quantitative estimate of drug-likeness (QED) is 0.395. The van der Waals surface area contributed by atoms with E-state index < -0.39 is 0 Å². The molecule has 124 valence electrons. The Kier molecular flexibility index (Phi) is 7.69. The normalized spacial score (nSPS) is 11.4. The van der Waals surface area contributed by atoms with E-state index in [1.165, 1.54) is 21.4 Å². The lowest BCUT2D eigenvalue weighted by Crippen LogP contribution is -2.16. The summed E-state index contributed by atoms with van der Waals surface area (Å²) in [5, 5.41) is 0. The fourth-order valence-electron chi connectivity index (χ4n) is 2.65. The lowest BCUT2D eigenvalue weighted by Gasteiger charge is -2.08. The van der Waals surface area contributed by atoms with Crippen LogP contribution in [0, 0.1) is 0 Å². The van der Waals surface area contributed by atoms with Crippen LogP contribution < -0.4 is 10.9 Å². The minimum absolute atomic E-state index is 0.875. The summed E-state index contributed by atoms with van der Waals surface area (Å²) >= 11 is 1.75. The average molecular weight is 342 g/mol. The molecule has 0 aliphatic rings. The summed E-state index contributed by atoms with van der Waals surface area (Å²) < 4.78 is 0. The first-order chi connectivity index (χ1) is 12.1. The van der Waals surface area contributed by atoms with Crippen molar-refractivity contribution in [1.82, 2.24) is 0 Å². The summed E-state index contributed by atoms with van der Waals surface area (Å²) in [6.45, 7) is 12.5. The van der Waals surface area contributed by atoms with Crippen molar-refractivity contribution in [3.05, 3.63) is 102 Å². The summed E-state index contributed by atoms with van der Waals surface area (Å²) in [6, 6.07) is 19.2. The predicted molar refractivity (Wildman–Crippen MR) is 119 cm³/mol. The first-order valence-corrected chi connectivity index (χ1v) is 9.39. The number of benzene rings is 2. The maximum absolute atomic E-state index is 4.22. The van der Waals surface area contributed by atoms with Crippen LogP contribution in [0.1, 0.15) is 13.8 Å². The van der Waals surface area contributed by atoms with Gasteiger partial charge in [-0.05, 0) is 36.4 Å². The summed E-state index contributed by atoms with van der Waals surface area (Å²) in [5.74, 6) is 0. The maximum atomic E-state index is 4.22. The third-order valence-corrected chi connectivity index (χ3v) is 4.85. The zero-order valence-corrected chi connectivity index (χ0v) is 16.0. The van der Waals surface area contributed by atoms with Gasteiger partial charge in [0.25, 0.3) is 0 Å². The SMILES string of the molecule is C=C(Bc1ccccc1)Sc1ccc(BC(=C)C(/C=C\C)=C/C)cc1. The Hall–Kier alpha value is -2.12. The van der Waals surface area contributed by atoms with Crippen LogP contribution in [0.3, 0.4) is 0 Å². The van der Waals surface area contributed by atoms with E-state index in [-0.39, 0.29) is 0 Å². The molecule has 2 aromatic rings. The van der Waals surface area contributed by atoms with Gasteiger partial charge in [-0.3, -0.25) is 0 Å². The van der Waals surface area contributed by atoms with Crippen molar-refractivity contribution in [2.45, 2.75) is 18.7 Å². The molecule has 0 nitrogen and oxygen atoms in total. The molecule has 0 atom stereocenters. The fourth-order valence-corrected chi connectivity index (χ4v) is 3.49. The van der Waals surface area contributed by atoms with E-state index in [0.717, 1.165) is 24.8 Å². The smallest absolute Gasteiger partial charge is 0.105 e. The lowest BCUT2D eigenvalue weighted by molar-refractivity contribution is 1.49. The molecule has 0 aliphatic heterocycles. The largest absolute Gasteiger partial charge is 0.200 e. The van der Waals surface area contributed by atoms with Crippen LogP contribution in [0.25, 0.3) is 0 Å². The van der Waals surface area contributed by atoms with E-state index in [9.17, 15) is 0 Å². The predicted octanol–water partition coefficient (Wildman–Crippen LogP) is 4.11. The summed E-state index contributed by atoms with van der Waals surface area (Å²) in [4.78, 5) is 2.39. The van der Waals surface area contributed by atoms with Crippen LogP contribution >= 0.6 is 11.8 Å². The molecular formula is C22H24B2S. The van der Waals surface area contributed by atoms with Crippen molar-refractivity contribution in [2.75, 3.05) is 0 Å². The molecule has 0 saturated heterocycles. The average Bonchev–Trinajstić information content (AvgIpc) is 2.62. The Morgan fingerprint density at radius 1 is 0.880 bits per heavy atom. The second kappa shape index (κ2) is 10.0. The van der Waals surface area contributed by atoms with Crippen molar-refractivity contribution in [3.8, 4) is 0 Å². The van der Waals surface area contributed by atoms with E-state index in [0.29, 0.717) is 0 Å². The number of allylic oxidation sites excluding steroid dienone is 5. The molecule has 0 spiro atoms. The van der Waals surface area contributed by atoms with Gasteiger partial charge in [0, 0.05) is 4.90 Å². The van der Waals surface area contributed by atoms with Crippen molar-refractivity contribution in [1.29, 1.82) is 0 Å². The number of thioether (sulfide) groups is 1. The lowest BCUT2D eigenvalue weighted by atomic mass is 9.61. The van der Waals surface area contributed by atoms with Crippen molar-refractivity contribution in [2.24, 2.45) is 0 Å². The van der Waals surface area contributed by atoms with E-state index >= 15 is 0 Å². The van der Waals surface area contributed by atoms with Gasteiger partial charge in [-0.1, -0.05) is 83.7 Å². The summed E-state index contributed by atoms with van der Waals surface area (Å²) in [6.07, 6.45) is 6.28. The van der Waals surface area contributed by atoms with Gasteiger partial charge in [0.15, 0.2) is 14.6 Å². The molecule has 3 heteroatoms. The molecule has 0 aromatic heterocycles. The second-order valence-corrected chi connectivity index (χ2v) is 7.22. The van der Waals surface area contributed by atoms with Gasteiger partial charge in [0.05, 0.1) is 0 Å². The summed E-state index contributed by atoms with van der Waals surface area (Å²) in [5.41, 5.74) is 4.94. The van der Waals surface area contributed by atoms with Crippen LogP contribution in [0.4, 0.5) is 0 Å². The van der Waals surface area contributed by atoms with Gasteiger partial charge in [-0.25, -0.2) is 0 Å². The van der Waals surface area contributed by atoms with Crippen LogP contribution in [-0.4, -0.2) is 14.6 Å². The Labute approximate surface area is 157 Å². The van der Waals surface area contributed by atoms with E-state index in [1.54, 1.807) is 11.8 Å². The molecule has 0 heterocycles. The van der Waals surface area contributed by atoms with Gasteiger partial charge < -0.3 is 0 Å². The summed E-state index contributed by atoms with van der Waals surface area (Å²) in [7, 11) is 1.78. The molecule has 0 amide bonds. The Morgan fingerprint density at radius 3 is 2.12 bits per heavy atom. The molecular weight excluding hydrogens is 318 g/mol. The highest BCUT2D eigenvalue weighted by atomic mass is 32.2. The first kappa shape index (κ1) is 19.2. The maximum Gasteiger partial charge on any atom is 0.200 e. The standard InChI is InChI=1S/C22H24B2S/c1-5-10-19(6-2)17(3)23-21-13-15-22(16-14-21)25-18(4)24-20-11-8-7-9-12-20/h5-16,23-24H,3-4H2,1-2H3/b10-5-,19-6+. The van der Waals surface area contributed by atoms with Crippen LogP contribution in [0.2, 0.25) is 0 Å². The number of hydrogen-bond acceptors (Lipinski definition) is 1. The molecule has 25 heavy (non-hydrogen) atoms. The Morgan fingerprint density at radius 2 is 1.52 bits per heavy atom. The molecule has 0 N–H and O–H groups in total. The van der Waals surface area contributed by atoms with Crippen molar-refractivity contribution >= 4 is 37.2 Å².